The molecule has 3 rings (SSSR count). The van der Waals surface area contributed by atoms with Gasteiger partial charge in [0.15, 0.2) is 6.61 Å². The van der Waals surface area contributed by atoms with E-state index in [2.05, 4.69) is 10.6 Å². The summed E-state index contributed by atoms with van der Waals surface area (Å²) in [4.78, 5) is 50.3. The van der Waals surface area contributed by atoms with E-state index in [1.165, 1.54) is 0 Å². The Labute approximate surface area is 180 Å². The fourth-order valence-corrected chi connectivity index (χ4v) is 3.32. The Hall–Kier alpha value is -3.68. The van der Waals surface area contributed by atoms with Gasteiger partial charge in [0.25, 0.3) is 11.8 Å². The van der Waals surface area contributed by atoms with Crippen molar-refractivity contribution in [3.63, 3.8) is 0 Å². The molecule has 1 heterocycles. The van der Waals surface area contributed by atoms with E-state index in [9.17, 15) is 19.2 Å². The van der Waals surface area contributed by atoms with Gasteiger partial charge in [0.1, 0.15) is 12.1 Å². The van der Waals surface area contributed by atoms with Gasteiger partial charge in [0.2, 0.25) is 0 Å². The summed E-state index contributed by atoms with van der Waals surface area (Å²) in [5, 5.41) is 5.31. The van der Waals surface area contributed by atoms with E-state index in [0.717, 1.165) is 21.6 Å². The number of urea groups is 1. The first kappa shape index (κ1) is 22.0. The van der Waals surface area contributed by atoms with Crippen molar-refractivity contribution < 1.29 is 23.9 Å². The van der Waals surface area contributed by atoms with E-state index in [-0.39, 0.29) is 0 Å². The molecule has 2 N–H and O–H groups in total. The summed E-state index contributed by atoms with van der Waals surface area (Å²) >= 11 is 0. The maximum Gasteiger partial charge on any atom is 0.326 e. The number of carbonyl (C=O) groups is 4. The lowest BCUT2D eigenvalue weighted by Crippen LogP contribution is -2.41. The molecule has 8 heteroatoms. The molecule has 8 nitrogen and oxygen atoms in total. The Morgan fingerprint density at radius 1 is 1.06 bits per heavy atom. The van der Waals surface area contributed by atoms with Crippen LogP contribution >= 0.6 is 0 Å². The van der Waals surface area contributed by atoms with E-state index < -0.39 is 42.5 Å². The number of nitrogens with zero attached hydrogens (tertiary/aromatic N) is 1. The van der Waals surface area contributed by atoms with E-state index >= 15 is 0 Å². The minimum absolute atomic E-state index is 0.510. The highest BCUT2D eigenvalue weighted by molar-refractivity contribution is 6.09. The van der Waals surface area contributed by atoms with Gasteiger partial charge in [-0.25, -0.2) is 4.79 Å². The maximum atomic E-state index is 12.9. The van der Waals surface area contributed by atoms with Crippen LogP contribution in [-0.2, 0) is 24.7 Å². The molecule has 1 atom stereocenters. The highest BCUT2D eigenvalue weighted by atomic mass is 16.5. The second-order valence-electron chi connectivity index (χ2n) is 7.77. The molecule has 0 radical (unpaired) electrons. The van der Waals surface area contributed by atoms with E-state index in [4.69, 9.17) is 4.74 Å². The molecule has 1 aliphatic heterocycles. The summed E-state index contributed by atoms with van der Waals surface area (Å²) in [5.74, 6) is -1.92. The zero-order valence-corrected chi connectivity index (χ0v) is 17.9. The summed E-state index contributed by atoms with van der Waals surface area (Å²) in [5.41, 5.74) is 2.92. The minimum Gasteiger partial charge on any atom is -0.454 e. The van der Waals surface area contributed by atoms with Crippen LogP contribution in [0.15, 0.2) is 42.5 Å². The third-order valence-corrected chi connectivity index (χ3v) is 5.43. The Kier molecular flexibility index (Phi) is 6.10. The van der Waals surface area contributed by atoms with E-state index in [0.29, 0.717) is 11.3 Å². The lowest BCUT2D eigenvalue weighted by molar-refractivity contribution is -0.150. The summed E-state index contributed by atoms with van der Waals surface area (Å²) in [7, 11) is 0. The van der Waals surface area contributed by atoms with E-state index in [1.54, 1.807) is 25.1 Å². The molecule has 2 aromatic rings. The van der Waals surface area contributed by atoms with Crippen LogP contribution in [0.2, 0.25) is 0 Å². The second-order valence-corrected chi connectivity index (χ2v) is 7.77. The van der Waals surface area contributed by atoms with Crippen molar-refractivity contribution in [1.82, 2.24) is 10.2 Å². The molecular weight excluding hydrogens is 398 g/mol. The van der Waals surface area contributed by atoms with Crippen LogP contribution in [0.1, 0.15) is 29.2 Å². The summed E-state index contributed by atoms with van der Waals surface area (Å²) < 4.78 is 4.97. The van der Waals surface area contributed by atoms with Gasteiger partial charge in [0, 0.05) is 5.69 Å². The fraction of sp³-hybridized carbons (Fsp3) is 0.304. The third kappa shape index (κ3) is 4.58. The first-order valence-corrected chi connectivity index (χ1v) is 9.85. The number of imide groups is 1. The highest BCUT2D eigenvalue weighted by Gasteiger charge is 2.49. The molecule has 0 bridgehead atoms. The summed E-state index contributed by atoms with van der Waals surface area (Å²) in [6.45, 7) is 6.20. The Morgan fingerprint density at radius 2 is 1.74 bits per heavy atom. The van der Waals surface area contributed by atoms with Crippen LogP contribution in [0.5, 0.6) is 0 Å². The van der Waals surface area contributed by atoms with Gasteiger partial charge in [-0.3, -0.25) is 19.3 Å². The monoisotopic (exact) mass is 423 g/mol. The molecule has 0 aliphatic carbocycles. The van der Waals surface area contributed by atoms with Crippen LogP contribution < -0.4 is 10.6 Å². The molecular formula is C23H25N3O5. The molecule has 162 valence electrons. The number of carbonyl (C=O) groups excluding carboxylic acids is 4. The van der Waals surface area contributed by atoms with Gasteiger partial charge in [-0.05, 0) is 50.5 Å². The quantitative estimate of drug-likeness (QED) is 0.549. The van der Waals surface area contributed by atoms with E-state index in [1.807, 2.05) is 45.0 Å². The number of esters is 1. The largest absolute Gasteiger partial charge is 0.454 e. The van der Waals surface area contributed by atoms with Gasteiger partial charge in [0.05, 0.1) is 0 Å². The lowest BCUT2D eigenvalue weighted by Gasteiger charge is -2.22. The van der Waals surface area contributed by atoms with Crippen molar-refractivity contribution >= 4 is 29.5 Å². The van der Waals surface area contributed by atoms with Gasteiger partial charge in [-0.2, -0.15) is 0 Å². The van der Waals surface area contributed by atoms with Gasteiger partial charge >= 0.3 is 12.0 Å². The zero-order chi connectivity index (χ0) is 22.8. The van der Waals surface area contributed by atoms with Crippen LogP contribution in [0, 0.1) is 20.8 Å². The number of aryl methyl sites for hydroxylation is 2. The standard InChI is InChI=1S/C23H25N3O5/c1-14-8-10-17(11-9-14)23(4)21(29)26(22(30)25-23)12-20(28)31-13-19(27)24-18-7-5-6-15(2)16(18)3/h5-11H,12-13H2,1-4H3,(H,24,27)(H,25,30)/t23-/m0/s1. The number of hydrogen-bond donors (Lipinski definition) is 2. The maximum absolute atomic E-state index is 12.9. The van der Waals surface area contributed by atoms with Gasteiger partial charge in [-0.15, -0.1) is 0 Å². The molecule has 31 heavy (non-hydrogen) atoms. The summed E-state index contributed by atoms with van der Waals surface area (Å²) in [6.07, 6.45) is 0. The molecule has 0 spiro atoms. The molecule has 0 aromatic heterocycles. The second kappa shape index (κ2) is 8.59. The molecule has 1 aliphatic rings. The number of ether oxygens (including phenoxy) is 1. The Morgan fingerprint density at radius 3 is 2.42 bits per heavy atom. The minimum atomic E-state index is -1.27. The molecule has 1 fully saturated rings. The number of nitrogens with one attached hydrogen (secondary N) is 2. The van der Waals surface area contributed by atoms with Crippen molar-refractivity contribution in [3.05, 3.63) is 64.7 Å². The van der Waals surface area contributed by atoms with Crippen molar-refractivity contribution in [2.24, 2.45) is 0 Å². The first-order chi connectivity index (χ1) is 14.6. The third-order valence-electron chi connectivity index (χ3n) is 5.43. The zero-order valence-electron chi connectivity index (χ0n) is 17.9. The Bertz CT molecular complexity index is 1050. The van der Waals surface area contributed by atoms with Gasteiger partial charge in [-0.1, -0.05) is 42.0 Å². The normalized spacial score (nSPS) is 18.0. The van der Waals surface area contributed by atoms with Crippen molar-refractivity contribution in [1.29, 1.82) is 0 Å². The summed E-state index contributed by atoms with van der Waals surface area (Å²) in [6, 6.07) is 12.0. The highest BCUT2D eigenvalue weighted by Crippen LogP contribution is 2.29. The number of rotatable bonds is 6. The van der Waals surface area contributed by atoms with Gasteiger partial charge < -0.3 is 15.4 Å². The number of amides is 4. The van der Waals surface area contributed by atoms with Crippen LogP contribution in [-0.4, -0.2) is 41.9 Å². The Balaban J connectivity index is 1.58. The molecule has 1 saturated heterocycles. The predicted octanol–water partition coefficient (Wildman–Crippen LogP) is 2.56. The predicted molar refractivity (Wildman–Crippen MR) is 114 cm³/mol. The van der Waals surface area contributed by atoms with Crippen LogP contribution in [0.25, 0.3) is 0 Å². The fourth-order valence-electron chi connectivity index (χ4n) is 3.32. The molecule has 0 unspecified atom stereocenters. The average Bonchev–Trinajstić information content (AvgIpc) is 2.94. The SMILES string of the molecule is Cc1ccc([C@]2(C)NC(=O)N(CC(=O)OCC(=O)Nc3cccc(C)c3C)C2=O)cc1. The number of anilines is 1. The molecule has 2 aromatic carbocycles. The van der Waals surface area contributed by atoms with Crippen LogP contribution in [0.3, 0.4) is 0 Å². The average molecular weight is 423 g/mol. The lowest BCUT2D eigenvalue weighted by atomic mass is 9.91. The molecule has 0 saturated carbocycles. The van der Waals surface area contributed by atoms with Crippen LogP contribution in [0.4, 0.5) is 10.5 Å². The van der Waals surface area contributed by atoms with Crippen molar-refractivity contribution in [2.75, 3.05) is 18.5 Å². The van der Waals surface area contributed by atoms with Crippen molar-refractivity contribution in [3.8, 4) is 0 Å². The smallest absolute Gasteiger partial charge is 0.326 e. The molecule has 4 amide bonds. The first-order valence-electron chi connectivity index (χ1n) is 9.85. The topological polar surface area (TPSA) is 105 Å². The van der Waals surface area contributed by atoms with Crippen molar-refractivity contribution in [2.45, 2.75) is 33.2 Å². The number of benzene rings is 2. The number of hydrogen-bond acceptors (Lipinski definition) is 5.